The largest absolute Gasteiger partial charge is 0.507 e. The summed E-state index contributed by atoms with van der Waals surface area (Å²) >= 11 is 0. The van der Waals surface area contributed by atoms with Crippen LogP contribution in [0.1, 0.15) is 11.1 Å². The third-order valence-corrected chi connectivity index (χ3v) is 5.57. The van der Waals surface area contributed by atoms with Crippen LogP contribution in [0.3, 0.4) is 0 Å². The van der Waals surface area contributed by atoms with Gasteiger partial charge >= 0.3 is 6.18 Å². The van der Waals surface area contributed by atoms with E-state index in [0.29, 0.717) is 16.7 Å². The molecule has 0 unspecified atom stereocenters. The quantitative estimate of drug-likeness (QED) is 0.652. The molecule has 0 spiro atoms. The summed E-state index contributed by atoms with van der Waals surface area (Å²) in [6, 6.07) is 17.2. The molecule has 0 amide bonds. The molecule has 0 radical (unpaired) electrons. The Hall–Kier alpha value is -2.84. The van der Waals surface area contributed by atoms with Gasteiger partial charge in [-0.05, 0) is 41.0 Å². The highest BCUT2D eigenvalue weighted by Gasteiger charge is 2.29. The molecule has 3 aromatic carbocycles. The molecule has 2 N–H and O–H groups in total. The number of halogens is 3. The second-order valence-corrected chi connectivity index (χ2v) is 7.80. The fourth-order valence-corrected chi connectivity index (χ4v) is 3.72. The molecular weight excluding hydrogens is 391 g/mol. The number of sulfonamides is 1. The molecular formula is C20H16F3NO3S. The lowest BCUT2D eigenvalue weighted by Gasteiger charge is -2.10. The van der Waals surface area contributed by atoms with E-state index in [0.717, 1.165) is 12.1 Å². The molecule has 3 rings (SSSR count). The van der Waals surface area contributed by atoms with E-state index >= 15 is 0 Å². The van der Waals surface area contributed by atoms with Crippen LogP contribution in [-0.2, 0) is 22.7 Å². The first-order valence-electron chi connectivity index (χ1n) is 8.21. The molecule has 0 bridgehead atoms. The Balaban J connectivity index is 1.70. The van der Waals surface area contributed by atoms with Gasteiger partial charge in [0.2, 0.25) is 10.0 Å². The van der Waals surface area contributed by atoms with Gasteiger partial charge in [0.15, 0.2) is 0 Å². The van der Waals surface area contributed by atoms with E-state index in [-0.39, 0.29) is 17.2 Å². The molecule has 3 aromatic rings. The van der Waals surface area contributed by atoms with Crippen LogP contribution in [0, 0.1) is 0 Å². The molecule has 0 aliphatic heterocycles. The van der Waals surface area contributed by atoms with Crippen LogP contribution in [0.15, 0.2) is 77.7 Å². The topological polar surface area (TPSA) is 66.4 Å². The number of nitrogens with one attached hydrogen (secondary N) is 1. The van der Waals surface area contributed by atoms with Crippen molar-refractivity contribution in [3.05, 3.63) is 83.9 Å². The number of para-hydroxylation sites is 1. The van der Waals surface area contributed by atoms with Gasteiger partial charge in [-0.2, -0.15) is 13.2 Å². The Morgan fingerprint density at radius 2 is 1.36 bits per heavy atom. The van der Waals surface area contributed by atoms with Crippen molar-refractivity contribution in [3.63, 3.8) is 0 Å². The SMILES string of the molecule is O=S(=O)(NCc1ccc(-c2ccc(C(F)(F)F)cc2)cc1)c1ccccc1O. The van der Waals surface area contributed by atoms with Crippen molar-refractivity contribution in [2.24, 2.45) is 0 Å². The maximum atomic E-state index is 12.6. The highest BCUT2D eigenvalue weighted by atomic mass is 32.2. The van der Waals surface area contributed by atoms with Crippen LogP contribution in [-0.4, -0.2) is 13.5 Å². The summed E-state index contributed by atoms with van der Waals surface area (Å²) in [5.74, 6) is -0.340. The summed E-state index contributed by atoms with van der Waals surface area (Å²) in [7, 11) is -3.88. The molecule has 0 heterocycles. The second kappa shape index (κ2) is 7.65. The molecule has 28 heavy (non-hydrogen) atoms. The number of phenols is 1. The zero-order valence-electron chi connectivity index (χ0n) is 14.4. The van der Waals surface area contributed by atoms with Gasteiger partial charge in [-0.3, -0.25) is 0 Å². The highest BCUT2D eigenvalue weighted by Crippen LogP contribution is 2.31. The molecule has 0 saturated heterocycles. The van der Waals surface area contributed by atoms with Crippen molar-refractivity contribution in [3.8, 4) is 16.9 Å². The van der Waals surface area contributed by atoms with Crippen molar-refractivity contribution in [2.75, 3.05) is 0 Å². The average Bonchev–Trinajstić information content (AvgIpc) is 2.66. The van der Waals surface area contributed by atoms with Crippen LogP contribution < -0.4 is 4.72 Å². The fraction of sp³-hybridized carbons (Fsp3) is 0.100. The van der Waals surface area contributed by atoms with Gasteiger partial charge < -0.3 is 5.11 Å². The predicted molar refractivity (Wildman–Crippen MR) is 99.0 cm³/mol. The number of hydrogen-bond donors (Lipinski definition) is 2. The number of aromatic hydroxyl groups is 1. The Kier molecular flexibility index (Phi) is 5.44. The molecule has 0 aliphatic carbocycles. The van der Waals surface area contributed by atoms with Crippen molar-refractivity contribution in [1.29, 1.82) is 0 Å². The first-order chi connectivity index (χ1) is 13.2. The maximum Gasteiger partial charge on any atom is 0.416 e. The third kappa shape index (κ3) is 4.52. The zero-order chi connectivity index (χ0) is 20.4. The molecule has 8 heteroatoms. The highest BCUT2D eigenvalue weighted by molar-refractivity contribution is 7.89. The Labute approximate surface area is 160 Å². The van der Waals surface area contributed by atoms with Gasteiger partial charge in [-0.25, -0.2) is 13.1 Å². The zero-order valence-corrected chi connectivity index (χ0v) is 15.3. The first kappa shape index (κ1) is 19.9. The van der Waals surface area contributed by atoms with Gasteiger partial charge in [0.05, 0.1) is 5.56 Å². The van der Waals surface area contributed by atoms with Crippen LogP contribution in [0.2, 0.25) is 0 Å². The first-order valence-corrected chi connectivity index (χ1v) is 9.69. The number of phenolic OH excluding ortho intramolecular Hbond substituents is 1. The molecule has 0 fully saturated rings. The number of alkyl halides is 3. The lowest BCUT2D eigenvalue weighted by molar-refractivity contribution is -0.137. The standard InChI is InChI=1S/C20H16F3NO3S/c21-20(22,23)17-11-9-16(10-12-17)15-7-5-14(6-8-15)13-24-28(26,27)19-4-2-1-3-18(19)25/h1-12,24-25H,13H2. The smallest absolute Gasteiger partial charge is 0.416 e. The predicted octanol–water partition coefficient (Wildman–Crippen LogP) is 4.56. The Morgan fingerprint density at radius 1 is 0.821 bits per heavy atom. The number of rotatable bonds is 5. The van der Waals surface area contributed by atoms with E-state index in [1.807, 2.05) is 0 Å². The molecule has 0 saturated carbocycles. The minimum absolute atomic E-state index is 0.00393. The monoisotopic (exact) mass is 407 g/mol. The van der Waals surface area contributed by atoms with Gasteiger partial charge in [0.1, 0.15) is 10.6 Å². The van der Waals surface area contributed by atoms with Gasteiger partial charge in [-0.1, -0.05) is 48.5 Å². The van der Waals surface area contributed by atoms with E-state index in [1.165, 1.54) is 36.4 Å². The lowest BCUT2D eigenvalue weighted by Crippen LogP contribution is -2.23. The van der Waals surface area contributed by atoms with Crippen molar-refractivity contribution < 1.29 is 26.7 Å². The fourth-order valence-electron chi connectivity index (χ4n) is 2.61. The van der Waals surface area contributed by atoms with Gasteiger partial charge in [-0.15, -0.1) is 0 Å². The average molecular weight is 407 g/mol. The summed E-state index contributed by atoms with van der Waals surface area (Å²) in [5, 5.41) is 9.69. The molecule has 146 valence electrons. The van der Waals surface area contributed by atoms with E-state index < -0.39 is 21.8 Å². The number of hydrogen-bond acceptors (Lipinski definition) is 3. The van der Waals surface area contributed by atoms with E-state index in [9.17, 15) is 26.7 Å². The third-order valence-electron chi connectivity index (χ3n) is 4.12. The van der Waals surface area contributed by atoms with Crippen LogP contribution >= 0.6 is 0 Å². The molecule has 0 atom stereocenters. The van der Waals surface area contributed by atoms with Gasteiger partial charge in [0, 0.05) is 6.54 Å². The second-order valence-electron chi connectivity index (χ2n) is 6.06. The molecule has 4 nitrogen and oxygen atoms in total. The Morgan fingerprint density at radius 3 is 1.89 bits per heavy atom. The van der Waals surface area contributed by atoms with Crippen LogP contribution in [0.25, 0.3) is 11.1 Å². The molecule has 0 aromatic heterocycles. The lowest BCUT2D eigenvalue weighted by atomic mass is 10.0. The molecule has 0 aliphatic rings. The summed E-state index contributed by atoms with van der Waals surface area (Å²) in [6.45, 7) is 0.00393. The maximum absolute atomic E-state index is 12.6. The minimum Gasteiger partial charge on any atom is -0.507 e. The summed E-state index contributed by atoms with van der Waals surface area (Å²) in [6.07, 6.45) is -4.38. The van der Waals surface area contributed by atoms with Crippen molar-refractivity contribution >= 4 is 10.0 Å². The van der Waals surface area contributed by atoms with Crippen molar-refractivity contribution in [2.45, 2.75) is 17.6 Å². The van der Waals surface area contributed by atoms with E-state index in [2.05, 4.69) is 4.72 Å². The van der Waals surface area contributed by atoms with Crippen molar-refractivity contribution in [1.82, 2.24) is 4.72 Å². The van der Waals surface area contributed by atoms with Crippen LogP contribution in [0.5, 0.6) is 5.75 Å². The van der Waals surface area contributed by atoms with Crippen LogP contribution in [0.4, 0.5) is 13.2 Å². The normalized spacial score (nSPS) is 12.1. The summed E-state index contributed by atoms with van der Waals surface area (Å²) in [5.41, 5.74) is 1.27. The van der Waals surface area contributed by atoms with E-state index in [4.69, 9.17) is 0 Å². The summed E-state index contributed by atoms with van der Waals surface area (Å²) in [4.78, 5) is -0.212. The Bertz CT molecular complexity index is 1060. The van der Waals surface area contributed by atoms with E-state index in [1.54, 1.807) is 24.3 Å². The number of benzene rings is 3. The minimum atomic E-state index is -4.38. The van der Waals surface area contributed by atoms with Gasteiger partial charge in [0.25, 0.3) is 0 Å². The summed E-state index contributed by atoms with van der Waals surface area (Å²) < 4.78 is 64.8.